The third-order valence-electron chi connectivity index (χ3n) is 4.13. The molecule has 1 saturated carbocycles. The van der Waals surface area contributed by atoms with Gasteiger partial charge in [-0.25, -0.2) is 13.1 Å². The molecule has 0 bridgehead atoms. The van der Waals surface area contributed by atoms with Gasteiger partial charge >= 0.3 is 0 Å². The van der Waals surface area contributed by atoms with Gasteiger partial charge in [-0.2, -0.15) is 0 Å². The van der Waals surface area contributed by atoms with Gasteiger partial charge in [-0.1, -0.05) is 18.9 Å². The van der Waals surface area contributed by atoms with Crippen molar-refractivity contribution in [3.63, 3.8) is 0 Å². The molecular formula is C14H20N2O2S. The Morgan fingerprint density at radius 3 is 2.53 bits per heavy atom. The largest absolute Gasteiger partial charge is 0.327 e. The highest BCUT2D eigenvalue weighted by Crippen LogP contribution is 2.25. The molecule has 0 radical (unpaired) electrons. The smallest absolute Gasteiger partial charge is 0.240 e. The summed E-state index contributed by atoms with van der Waals surface area (Å²) in [4.78, 5) is 0.382. The molecule has 19 heavy (non-hydrogen) atoms. The number of fused-ring (bicyclic) bond motifs is 1. The van der Waals surface area contributed by atoms with Crippen LogP contribution in [-0.4, -0.2) is 20.5 Å². The number of hydrogen-bond donors (Lipinski definition) is 2. The summed E-state index contributed by atoms with van der Waals surface area (Å²) in [6.07, 6.45) is 5.77. The van der Waals surface area contributed by atoms with Crippen LogP contribution in [0.25, 0.3) is 0 Å². The molecule has 0 heterocycles. The van der Waals surface area contributed by atoms with Gasteiger partial charge < -0.3 is 5.73 Å². The SMILES string of the molecule is N[C@H]1Cc2ccc(S(=O)(=O)NC3CCCC3)cc2C1. The van der Waals surface area contributed by atoms with Crippen molar-refractivity contribution < 1.29 is 8.42 Å². The summed E-state index contributed by atoms with van der Waals surface area (Å²) in [7, 11) is -3.37. The van der Waals surface area contributed by atoms with Crippen molar-refractivity contribution in [3.8, 4) is 0 Å². The number of hydrogen-bond acceptors (Lipinski definition) is 3. The summed E-state index contributed by atoms with van der Waals surface area (Å²) >= 11 is 0. The Balaban J connectivity index is 1.83. The van der Waals surface area contributed by atoms with E-state index in [0.717, 1.165) is 44.1 Å². The molecule has 0 amide bonds. The maximum absolute atomic E-state index is 12.3. The quantitative estimate of drug-likeness (QED) is 0.877. The fraction of sp³-hybridized carbons (Fsp3) is 0.571. The van der Waals surface area contributed by atoms with Gasteiger partial charge in [0.2, 0.25) is 10.0 Å². The van der Waals surface area contributed by atoms with E-state index in [9.17, 15) is 8.42 Å². The van der Waals surface area contributed by atoms with Crippen LogP contribution in [0.1, 0.15) is 36.8 Å². The van der Waals surface area contributed by atoms with Gasteiger partial charge in [-0.05, 0) is 48.9 Å². The summed E-state index contributed by atoms with van der Waals surface area (Å²) in [5.41, 5.74) is 8.18. The lowest BCUT2D eigenvalue weighted by molar-refractivity contribution is 0.552. The standard InChI is InChI=1S/C14H20N2O2S/c15-12-7-10-5-6-14(9-11(10)8-12)19(17,18)16-13-3-1-2-4-13/h5-6,9,12-13,16H,1-4,7-8,15H2/t12-/m0/s1. The molecule has 3 N–H and O–H groups in total. The molecule has 104 valence electrons. The summed E-state index contributed by atoms with van der Waals surface area (Å²) < 4.78 is 27.5. The van der Waals surface area contributed by atoms with Crippen LogP contribution >= 0.6 is 0 Å². The van der Waals surface area contributed by atoms with E-state index in [1.807, 2.05) is 6.07 Å². The van der Waals surface area contributed by atoms with E-state index in [0.29, 0.717) is 4.90 Å². The van der Waals surface area contributed by atoms with Crippen LogP contribution in [0.4, 0.5) is 0 Å². The van der Waals surface area contributed by atoms with E-state index < -0.39 is 10.0 Å². The first-order chi connectivity index (χ1) is 9.04. The van der Waals surface area contributed by atoms with Gasteiger partial charge in [-0.3, -0.25) is 0 Å². The molecule has 0 unspecified atom stereocenters. The molecule has 5 heteroatoms. The minimum Gasteiger partial charge on any atom is -0.327 e. The van der Waals surface area contributed by atoms with Crippen molar-refractivity contribution in [3.05, 3.63) is 29.3 Å². The van der Waals surface area contributed by atoms with E-state index in [1.54, 1.807) is 12.1 Å². The molecule has 1 fully saturated rings. The number of sulfonamides is 1. The van der Waals surface area contributed by atoms with Crippen LogP contribution in [0.2, 0.25) is 0 Å². The Bertz CT molecular complexity index is 577. The second-order valence-corrected chi connectivity index (χ2v) is 7.42. The van der Waals surface area contributed by atoms with E-state index >= 15 is 0 Å². The molecular weight excluding hydrogens is 260 g/mol. The molecule has 1 atom stereocenters. The van der Waals surface area contributed by atoms with Gasteiger partial charge in [0.1, 0.15) is 0 Å². The minimum atomic E-state index is -3.37. The Morgan fingerprint density at radius 1 is 1.11 bits per heavy atom. The number of nitrogens with one attached hydrogen (secondary N) is 1. The Kier molecular flexibility index (Phi) is 3.37. The monoisotopic (exact) mass is 280 g/mol. The molecule has 3 rings (SSSR count). The van der Waals surface area contributed by atoms with Gasteiger partial charge in [0, 0.05) is 12.1 Å². The first-order valence-electron chi connectivity index (χ1n) is 6.94. The minimum absolute atomic E-state index is 0.112. The summed E-state index contributed by atoms with van der Waals surface area (Å²) in [5.74, 6) is 0. The molecule has 0 aromatic heterocycles. The molecule has 1 aromatic rings. The zero-order valence-electron chi connectivity index (χ0n) is 10.9. The van der Waals surface area contributed by atoms with Crippen LogP contribution in [0, 0.1) is 0 Å². The van der Waals surface area contributed by atoms with Crippen molar-refractivity contribution in [2.75, 3.05) is 0 Å². The van der Waals surface area contributed by atoms with Crippen molar-refractivity contribution in [2.45, 2.75) is 55.5 Å². The highest BCUT2D eigenvalue weighted by atomic mass is 32.2. The second kappa shape index (κ2) is 4.89. The van der Waals surface area contributed by atoms with E-state index in [-0.39, 0.29) is 12.1 Å². The zero-order valence-corrected chi connectivity index (χ0v) is 11.7. The highest BCUT2D eigenvalue weighted by molar-refractivity contribution is 7.89. The first-order valence-corrected chi connectivity index (χ1v) is 8.42. The third kappa shape index (κ3) is 2.68. The lowest BCUT2D eigenvalue weighted by Crippen LogP contribution is -2.32. The molecule has 4 nitrogen and oxygen atoms in total. The first kappa shape index (κ1) is 13.1. The van der Waals surface area contributed by atoms with Crippen molar-refractivity contribution in [1.29, 1.82) is 0 Å². The van der Waals surface area contributed by atoms with Gasteiger partial charge in [0.05, 0.1) is 4.90 Å². The second-order valence-electron chi connectivity index (χ2n) is 5.70. The normalized spacial score (nSPS) is 23.7. The van der Waals surface area contributed by atoms with Crippen LogP contribution in [0.5, 0.6) is 0 Å². The van der Waals surface area contributed by atoms with Gasteiger partial charge in [0.25, 0.3) is 0 Å². The topological polar surface area (TPSA) is 72.2 Å². The lowest BCUT2D eigenvalue weighted by Gasteiger charge is -2.13. The fourth-order valence-corrected chi connectivity index (χ4v) is 4.48. The Morgan fingerprint density at radius 2 is 1.79 bits per heavy atom. The maximum Gasteiger partial charge on any atom is 0.240 e. The summed E-state index contributed by atoms with van der Waals surface area (Å²) in [6.45, 7) is 0. The summed E-state index contributed by atoms with van der Waals surface area (Å²) in [5, 5.41) is 0. The maximum atomic E-state index is 12.3. The zero-order chi connectivity index (χ0) is 13.5. The van der Waals surface area contributed by atoms with Gasteiger partial charge in [0.15, 0.2) is 0 Å². The molecule has 2 aliphatic carbocycles. The van der Waals surface area contributed by atoms with Crippen LogP contribution in [0.3, 0.4) is 0 Å². The third-order valence-corrected chi connectivity index (χ3v) is 5.65. The molecule has 0 saturated heterocycles. The Hall–Kier alpha value is -0.910. The molecule has 0 aliphatic heterocycles. The van der Waals surface area contributed by atoms with E-state index in [4.69, 9.17) is 5.73 Å². The number of benzene rings is 1. The van der Waals surface area contributed by atoms with Gasteiger partial charge in [-0.15, -0.1) is 0 Å². The van der Waals surface area contributed by atoms with E-state index in [1.165, 1.54) is 5.56 Å². The number of rotatable bonds is 3. The predicted octanol–water partition coefficient (Wildman–Crippen LogP) is 1.33. The van der Waals surface area contributed by atoms with Crippen LogP contribution in [-0.2, 0) is 22.9 Å². The average Bonchev–Trinajstić information content (AvgIpc) is 2.95. The van der Waals surface area contributed by atoms with Crippen LogP contribution in [0.15, 0.2) is 23.1 Å². The summed E-state index contributed by atoms with van der Waals surface area (Å²) in [6, 6.07) is 5.65. The molecule has 1 aromatic carbocycles. The number of nitrogens with two attached hydrogens (primary N) is 1. The van der Waals surface area contributed by atoms with Crippen molar-refractivity contribution in [2.24, 2.45) is 5.73 Å². The average molecular weight is 280 g/mol. The fourth-order valence-electron chi connectivity index (χ4n) is 3.13. The van der Waals surface area contributed by atoms with Crippen LogP contribution < -0.4 is 10.5 Å². The van der Waals surface area contributed by atoms with E-state index in [2.05, 4.69) is 4.72 Å². The van der Waals surface area contributed by atoms with Crippen molar-refractivity contribution in [1.82, 2.24) is 4.72 Å². The van der Waals surface area contributed by atoms with Crippen molar-refractivity contribution >= 4 is 10.0 Å². The Labute approximate surface area is 114 Å². The predicted molar refractivity (Wildman–Crippen MR) is 74.4 cm³/mol. The highest BCUT2D eigenvalue weighted by Gasteiger charge is 2.25. The molecule has 0 spiro atoms. The lowest BCUT2D eigenvalue weighted by atomic mass is 10.1. The molecule has 2 aliphatic rings.